The zero-order chi connectivity index (χ0) is 25.6. The second-order valence-electron chi connectivity index (χ2n) is 9.47. The Labute approximate surface area is 215 Å². The average molecular weight is 510 g/mol. The van der Waals surface area contributed by atoms with E-state index in [9.17, 15) is 9.59 Å². The average Bonchev–Trinajstić information content (AvgIpc) is 3.29. The Morgan fingerprint density at radius 1 is 1.11 bits per heavy atom. The van der Waals surface area contributed by atoms with Crippen LogP contribution in [0.15, 0.2) is 58.9 Å². The molecule has 0 unspecified atom stereocenters. The first-order chi connectivity index (χ1) is 17.3. The maximum absolute atomic E-state index is 13.8. The second kappa shape index (κ2) is 9.54. The van der Waals surface area contributed by atoms with Gasteiger partial charge in [0.25, 0.3) is 0 Å². The highest BCUT2D eigenvalue weighted by molar-refractivity contribution is 6.32. The van der Waals surface area contributed by atoms with Gasteiger partial charge in [-0.2, -0.15) is 0 Å². The van der Waals surface area contributed by atoms with Crippen LogP contribution in [0.2, 0.25) is 5.02 Å². The number of halogens is 1. The summed E-state index contributed by atoms with van der Waals surface area (Å²) >= 11 is 6.72. The van der Waals surface area contributed by atoms with E-state index >= 15 is 0 Å². The van der Waals surface area contributed by atoms with Gasteiger partial charge in [0.15, 0.2) is 17.3 Å². The van der Waals surface area contributed by atoms with Crippen molar-refractivity contribution >= 4 is 23.4 Å². The lowest BCUT2D eigenvalue weighted by Crippen LogP contribution is -2.36. The molecule has 188 valence electrons. The van der Waals surface area contributed by atoms with Crippen molar-refractivity contribution in [1.29, 1.82) is 0 Å². The molecule has 2 aliphatic heterocycles. The van der Waals surface area contributed by atoms with Crippen LogP contribution in [0.25, 0.3) is 0 Å². The topological polar surface area (TPSA) is 83.1 Å². The van der Waals surface area contributed by atoms with Gasteiger partial charge in [0, 0.05) is 40.4 Å². The molecule has 2 atom stereocenters. The molecule has 0 saturated heterocycles. The van der Waals surface area contributed by atoms with Crippen molar-refractivity contribution in [3.05, 3.63) is 75.1 Å². The summed E-state index contributed by atoms with van der Waals surface area (Å²) in [5, 5.41) is 3.75. The number of hydrogen-bond donors (Lipinski definition) is 1. The van der Waals surface area contributed by atoms with E-state index in [1.165, 1.54) is 0 Å². The van der Waals surface area contributed by atoms with Crippen molar-refractivity contribution in [3.63, 3.8) is 0 Å². The van der Waals surface area contributed by atoms with Crippen LogP contribution in [0.1, 0.15) is 56.6 Å². The Balaban J connectivity index is 1.60. The van der Waals surface area contributed by atoms with Crippen LogP contribution >= 0.6 is 11.6 Å². The molecule has 2 aromatic carbocycles. The third kappa shape index (κ3) is 4.32. The van der Waals surface area contributed by atoms with E-state index in [4.69, 9.17) is 30.5 Å². The predicted octanol–water partition coefficient (Wildman–Crippen LogP) is 5.39. The Morgan fingerprint density at radius 3 is 2.47 bits per heavy atom. The van der Waals surface area contributed by atoms with Crippen molar-refractivity contribution in [3.8, 4) is 17.2 Å². The van der Waals surface area contributed by atoms with Gasteiger partial charge in [-0.25, -0.2) is 4.79 Å². The third-order valence-corrected chi connectivity index (χ3v) is 7.11. The van der Waals surface area contributed by atoms with Crippen LogP contribution < -0.4 is 19.5 Å². The molecule has 0 saturated carbocycles. The number of ether oxygens (including phenoxy) is 4. The number of Topliss-reactive ketones (excluding diaryl/α,β-unsaturated/α-hetero) is 1. The number of fused-ring (bicyclic) bond motifs is 1. The summed E-state index contributed by atoms with van der Waals surface area (Å²) < 4.78 is 21.9. The molecule has 0 fully saturated rings. The number of esters is 1. The van der Waals surface area contributed by atoms with Crippen LogP contribution in [0.3, 0.4) is 0 Å². The van der Waals surface area contributed by atoms with Gasteiger partial charge < -0.3 is 24.3 Å². The van der Waals surface area contributed by atoms with Gasteiger partial charge in [-0.05, 0) is 62.4 Å². The number of hydrogen-bond acceptors (Lipinski definition) is 7. The first-order valence-electron chi connectivity index (χ1n) is 11.9. The van der Waals surface area contributed by atoms with Crippen LogP contribution in [-0.2, 0) is 14.3 Å². The molecule has 2 heterocycles. The maximum Gasteiger partial charge on any atom is 0.337 e. The number of benzene rings is 2. The Morgan fingerprint density at radius 2 is 1.81 bits per heavy atom. The zero-order valence-corrected chi connectivity index (χ0v) is 21.4. The molecular formula is C28H28ClNO6. The highest BCUT2D eigenvalue weighted by Gasteiger charge is 2.43. The number of rotatable bonds is 5. The molecule has 8 heteroatoms. The molecule has 3 aliphatic rings. The normalized spacial score (nSPS) is 20.9. The van der Waals surface area contributed by atoms with Crippen molar-refractivity contribution in [1.82, 2.24) is 5.32 Å². The van der Waals surface area contributed by atoms with Gasteiger partial charge in [0.2, 0.25) is 6.79 Å². The van der Waals surface area contributed by atoms with E-state index < -0.39 is 11.9 Å². The summed E-state index contributed by atoms with van der Waals surface area (Å²) in [6, 6.07) is 11.2. The summed E-state index contributed by atoms with van der Waals surface area (Å²) in [6.45, 7) is 5.51. The summed E-state index contributed by atoms with van der Waals surface area (Å²) in [6.07, 6.45) is 0.620. The van der Waals surface area contributed by atoms with E-state index in [0.717, 1.165) is 17.0 Å². The lowest BCUT2D eigenvalue weighted by atomic mass is 9.71. The first kappa shape index (κ1) is 24.3. The van der Waals surface area contributed by atoms with E-state index in [1.807, 2.05) is 31.2 Å². The fraction of sp³-hybridized carbons (Fsp3) is 0.357. The third-order valence-electron chi connectivity index (χ3n) is 6.78. The quantitative estimate of drug-likeness (QED) is 0.541. The molecule has 0 amide bonds. The Bertz CT molecular complexity index is 1290. The monoisotopic (exact) mass is 509 g/mol. The molecule has 0 aromatic heterocycles. The SMILES string of the molecule is COc1ccc([C@@H]2CC(=O)C3=C(C2)NC(C)=C(C(=O)OC(C)C)[C@H]3c2cc3c(cc2Cl)OCO3)cc1. The van der Waals surface area contributed by atoms with E-state index in [0.29, 0.717) is 51.8 Å². The molecule has 7 nitrogen and oxygen atoms in total. The van der Waals surface area contributed by atoms with Crippen LogP contribution in [0, 0.1) is 0 Å². The number of nitrogens with one attached hydrogen (secondary N) is 1. The number of ketones is 1. The minimum Gasteiger partial charge on any atom is -0.497 e. The van der Waals surface area contributed by atoms with Crippen LogP contribution in [0.5, 0.6) is 17.2 Å². The van der Waals surface area contributed by atoms with Crippen molar-refractivity contribution in [2.75, 3.05) is 13.9 Å². The molecule has 1 N–H and O–H groups in total. The number of carbonyl (C=O) groups excluding carboxylic acids is 2. The molecule has 2 aromatic rings. The molecule has 1 aliphatic carbocycles. The number of carbonyl (C=O) groups is 2. The van der Waals surface area contributed by atoms with E-state index in [-0.39, 0.29) is 24.6 Å². The van der Waals surface area contributed by atoms with E-state index in [2.05, 4.69) is 5.32 Å². The van der Waals surface area contributed by atoms with Gasteiger partial charge in [0.05, 0.1) is 18.8 Å². The molecular weight excluding hydrogens is 482 g/mol. The summed E-state index contributed by atoms with van der Waals surface area (Å²) in [5.41, 5.74) is 4.02. The number of methoxy groups -OCH3 is 1. The fourth-order valence-electron chi connectivity index (χ4n) is 5.16. The minimum absolute atomic E-state index is 0.000465. The number of allylic oxidation sites excluding steroid dienone is 3. The molecule has 0 spiro atoms. The molecule has 0 radical (unpaired) electrons. The fourth-order valence-corrected chi connectivity index (χ4v) is 5.43. The lowest BCUT2D eigenvalue weighted by Gasteiger charge is -2.37. The lowest BCUT2D eigenvalue weighted by molar-refractivity contribution is -0.143. The Hall–Kier alpha value is -3.45. The largest absolute Gasteiger partial charge is 0.497 e. The summed E-state index contributed by atoms with van der Waals surface area (Å²) in [4.78, 5) is 27.1. The van der Waals surface area contributed by atoms with E-state index in [1.54, 1.807) is 33.1 Å². The van der Waals surface area contributed by atoms with Crippen LogP contribution in [0.4, 0.5) is 0 Å². The van der Waals surface area contributed by atoms with Gasteiger partial charge in [-0.15, -0.1) is 0 Å². The van der Waals surface area contributed by atoms with Gasteiger partial charge in [-0.3, -0.25) is 4.79 Å². The molecule has 5 rings (SSSR count). The Kier molecular flexibility index (Phi) is 6.43. The van der Waals surface area contributed by atoms with Gasteiger partial charge in [0.1, 0.15) is 5.75 Å². The second-order valence-corrected chi connectivity index (χ2v) is 9.88. The molecule has 36 heavy (non-hydrogen) atoms. The highest BCUT2D eigenvalue weighted by Crippen LogP contribution is 2.49. The smallest absolute Gasteiger partial charge is 0.337 e. The van der Waals surface area contributed by atoms with Crippen molar-refractivity contribution < 1.29 is 28.5 Å². The van der Waals surface area contributed by atoms with Crippen LogP contribution in [-0.4, -0.2) is 31.8 Å². The van der Waals surface area contributed by atoms with Crippen molar-refractivity contribution in [2.45, 2.75) is 51.6 Å². The summed E-state index contributed by atoms with van der Waals surface area (Å²) in [7, 11) is 1.63. The first-order valence-corrected chi connectivity index (χ1v) is 12.3. The van der Waals surface area contributed by atoms with Gasteiger partial charge >= 0.3 is 5.97 Å². The minimum atomic E-state index is -0.682. The zero-order valence-electron chi connectivity index (χ0n) is 20.6. The molecule has 0 bridgehead atoms. The summed E-state index contributed by atoms with van der Waals surface area (Å²) in [5.74, 6) is 0.632. The maximum atomic E-state index is 13.8. The predicted molar refractivity (Wildman–Crippen MR) is 134 cm³/mol. The number of dihydropyridines is 1. The van der Waals surface area contributed by atoms with Gasteiger partial charge in [-0.1, -0.05) is 23.7 Å². The van der Waals surface area contributed by atoms with Crippen molar-refractivity contribution in [2.24, 2.45) is 0 Å². The standard InChI is InChI=1S/C28H28ClNO6/c1-14(2)36-28(32)25-15(3)30-21-9-17(16-5-7-18(33-4)8-6-16)10-22(31)27(21)26(25)19-11-23-24(12-20(19)29)35-13-34-23/h5-8,11-12,14,17,26,30H,9-10,13H2,1-4H3/t17-,26+/m0/s1. The highest BCUT2D eigenvalue weighted by atomic mass is 35.5.